The number of rotatable bonds is 8. The predicted molar refractivity (Wildman–Crippen MR) is 81.8 cm³/mol. The molecular formula is C16H27FN2O. The Balaban J connectivity index is 2.63. The molecular weight excluding hydrogens is 255 g/mol. The third-order valence-corrected chi connectivity index (χ3v) is 3.64. The van der Waals surface area contributed by atoms with E-state index in [0.29, 0.717) is 11.8 Å². The number of methoxy groups -OCH3 is 1. The summed E-state index contributed by atoms with van der Waals surface area (Å²) >= 11 is 0. The minimum absolute atomic E-state index is 0.162. The highest BCUT2D eigenvalue weighted by Crippen LogP contribution is 2.22. The van der Waals surface area contributed by atoms with Crippen molar-refractivity contribution in [3.05, 3.63) is 29.6 Å². The Kier molecular flexibility index (Phi) is 6.96. The molecule has 114 valence electrons. The van der Waals surface area contributed by atoms with Gasteiger partial charge in [0.15, 0.2) is 11.6 Å². The van der Waals surface area contributed by atoms with Gasteiger partial charge in [0.25, 0.3) is 0 Å². The van der Waals surface area contributed by atoms with Crippen molar-refractivity contribution in [3.8, 4) is 5.75 Å². The van der Waals surface area contributed by atoms with Gasteiger partial charge in [-0.15, -0.1) is 0 Å². The molecule has 1 rings (SSSR count). The molecule has 0 fully saturated rings. The van der Waals surface area contributed by atoms with Crippen molar-refractivity contribution < 1.29 is 9.13 Å². The summed E-state index contributed by atoms with van der Waals surface area (Å²) < 4.78 is 18.4. The lowest BCUT2D eigenvalue weighted by Gasteiger charge is -2.26. The summed E-state index contributed by atoms with van der Waals surface area (Å²) in [6, 6.07) is 5.56. The van der Waals surface area contributed by atoms with Gasteiger partial charge in [-0.05, 0) is 44.6 Å². The first kappa shape index (κ1) is 16.9. The van der Waals surface area contributed by atoms with Gasteiger partial charge < -0.3 is 15.0 Å². The van der Waals surface area contributed by atoms with Crippen LogP contribution in [-0.2, 0) is 0 Å². The topological polar surface area (TPSA) is 24.5 Å². The van der Waals surface area contributed by atoms with Crippen LogP contribution in [0.4, 0.5) is 4.39 Å². The molecule has 1 aromatic rings. The fraction of sp³-hybridized carbons (Fsp3) is 0.625. The maximum absolute atomic E-state index is 13.4. The SMILES string of the molecule is CCN(CC)CC(C)NC(C)c1ccc(F)c(OC)c1. The molecule has 0 saturated carbocycles. The summed E-state index contributed by atoms with van der Waals surface area (Å²) in [7, 11) is 1.49. The zero-order valence-corrected chi connectivity index (χ0v) is 13.2. The summed E-state index contributed by atoms with van der Waals surface area (Å²) in [5, 5.41) is 3.55. The molecule has 0 aliphatic rings. The van der Waals surface area contributed by atoms with E-state index in [1.165, 1.54) is 13.2 Å². The van der Waals surface area contributed by atoms with Crippen molar-refractivity contribution in [3.63, 3.8) is 0 Å². The molecule has 20 heavy (non-hydrogen) atoms. The number of nitrogens with zero attached hydrogens (tertiary/aromatic N) is 1. The first-order valence-electron chi connectivity index (χ1n) is 7.33. The third-order valence-electron chi connectivity index (χ3n) is 3.64. The van der Waals surface area contributed by atoms with E-state index in [2.05, 4.69) is 37.9 Å². The van der Waals surface area contributed by atoms with E-state index in [1.54, 1.807) is 12.1 Å². The standard InChI is InChI=1S/C16H27FN2O/c1-6-19(7-2)11-12(3)18-13(4)14-8-9-15(17)16(10-14)20-5/h8-10,12-13,18H,6-7,11H2,1-5H3. The van der Waals surface area contributed by atoms with Crippen LogP contribution in [0.1, 0.15) is 39.3 Å². The molecule has 0 aromatic heterocycles. The normalized spacial score (nSPS) is 14.3. The summed E-state index contributed by atoms with van der Waals surface area (Å²) in [5.74, 6) is -0.0211. The number of nitrogens with one attached hydrogen (secondary N) is 1. The second kappa shape index (κ2) is 8.22. The van der Waals surface area contributed by atoms with Crippen molar-refractivity contribution in [2.45, 2.75) is 39.8 Å². The number of likely N-dealkylation sites (N-methyl/N-ethyl adjacent to an activating group) is 1. The van der Waals surface area contributed by atoms with E-state index in [9.17, 15) is 4.39 Å². The molecule has 1 N–H and O–H groups in total. The molecule has 2 atom stereocenters. The van der Waals surface area contributed by atoms with Crippen LogP contribution in [0.5, 0.6) is 5.75 Å². The quantitative estimate of drug-likeness (QED) is 0.792. The highest BCUT2D eigenvalue weighted by atomic mass is 19.1. The summed E-state index contributed by atoms with van der Waals surface area (Å²) in [5.41, 5.74) is 1.04. The van der Waals surface area contributed by atoms with Crippen molar-refractivity contribution in [1.82, 2.24) is 10.2 Å². The first-order chi connectivity index (χ1) is 9.51. The highest BCUT2D eigenvalue weighted by molar-refractivity contribution is 5.31. The number of halogens is 1. The maximum atomic E-state index is 13.4. The van der Waals surface area contributed by atoms with Crippen LogP contribution in [0.25, 0.3) is 0 Å². The van der Waals surface area contributed by atoms with E-state index in [-0.39, 0.29) is 11.9 Å². The molecule has 0 aliphatic carbocycles. The van der Waals surface area contributed by atoms with Gasteiger partial charge in [-0.2, -0.15) is 0 Å². The summed E-state index contributed by atoms with van der Waals surface area (Å²) in [6.45, 7) is 11.7. The highest BCUT2D eigenvalue weighted by Gasteiger charge is 2.13. The van der Waals surface area contributed by atoms with Gasteiger partial charge in [0.05, 0.1) is 7.11 Å². The minimum atomic E-state index is -0.320. The van der Waals surface area contributed by atoms with Crippen LogP contribution in [-0.4, -0.2) is 37.7 Å². The predicted octanol–water partition coefficient (Wildman–Crippen LogP) is 3.22. The molecule has 0 aliphatic heterocycles. The Labute approximate surface area is 122 Å². The molecule has 2 unspecified atom stereocenters. The zero-order valence-electron chi connectivity index (χ0n) is 13.2. The van der Waals surface area contributed by atoms with Crippen LogP contribution in [0.15, 0.2) is 18.2 Å². The van der Waals surface area contributed by atoms with E-state index in [4.69, 9.17) is 4.74 Å². The second-order valence-corrected chi connectivity index (χ2v) is 5.17. The molecule has 0 bridgehead atoms. The molecule has 4 heteroatoms. The lowest BCUT2D eigenvalue weighted by molar-refractivity contribution is 0.263. The fourth-order valence-corrected chi connectivity index (χ4v) is 2.39. The van der Waals surface area contributed by atoms with Gasteiger partial charge in [0.2, 0.25) is 0 Å². The van der Waals surface area contributed by atoms with Gasteiger partial charge in [-0.3, -0.25) is 0 Å². The Morgan fingerprint density at radius 2 is 1.90 bits per heavy atom. The molecule has 3 nitrogen and oxygen atoms in total. The summed E-state index contributed by atoms with van der Waals surface area (Å²) in [6.07, 6.45) is 0. The number of hydrogen-bond acceptors (Lipinski definition) is 3. The number of hydrogen-bond donors (Lipinski definition) is 1. The van der Waals surface area contributed by atoms with E-state index >= 15 is 0 Å². The van der Waals surface area contributed by atoms with E-state index < -0.39 is 0 Å². The number of benzene rings is 1. The Morgan fingerprint density at radius 1 is 1.25 bits per heavy atom. The number of ether oxygens (including phenoxy) is 1. The van der Waals surface area contributed by atoms with Crippen molar-refractivity contribution >= 4 is 0 Å². The lowest BCUT2D eigenvalue weighted by Crippen LogP contribution is -2.40. The lowest BCUT2D eigenvalue weighted by atomic mass is 10.1. The van der Waals surface area contributed by atoms with Crippen molar-refractivity contribution in [2.75, 3.05) is 26.7 Å². The van der Waals surface area contributed by atoms with Gasteiger partial charge in [-0.25, -0.2) is 4.39 Å². The molecule has 0 saturated heterocycles. The molecule has 0 amide bonds. The van der Waals surface area contributed by atoms with Gasteiger partial charge in [0, 0.05) is 18.6 Å². The van der Waals surface area contributed by atoms with E-state index in [0.717, 1.165) is 25.2 Å². The molecule has 0 spiro atoms. The van der Waals surface area contributed by atoms with Gasteiger partial charge in [-0.1, -0.05) is 19.9 Å². The molecule has 1 aromatic carbocycles. The first-order valence-corrected chi connectivity index (χ1v) is 7.33. The zero-order chi connectivity index (χ0) is 15.1. The summed E-state index contributed by atoms with van der Waals surface area (Å²) in [4.78, 5) is 2.38. The molecule has 0 radical (unpaired) electrons. The Bertz CT molecular complexity index is 407. The fourth-order valence-electron chi connectivity index (χ4n) is 2.39. The van der Waals surface area contributed by atoms with Crippen LogP contribution in [0.3, 0.4) is 0 Å². The Hall–Kier alpha value is -1.13. The van der Waals surface area contributed by atoms with Crippen LogP contribution >= 0.6 is 0 Å². The molecule has 0 heterocycles. The van der Waals surface area contributed by atoms with Gasteiger partial charge in [0.1, 0.15) is 0 Å². The van der Waals surface area contributed by atoms with Crippen molar-refractivity contribution in [2.24, 2.45) is 0 Å². The minimum Gasteiger partial charge on any atom is -0.494 e. The van der Waals surface area contributed by atoms with Gasteiger partial charge >= 0.3 is 0 Å². The largest absolute Gasteiger partial charge is 0.494 e. The van der Waals surface area contributed by atoms with Crippen molar-refractivity contribution in [1.29, 1.82) is 0 Å². The third kappa shape index (κ3) is 4.76. The second-order valence-electron chi connectivity index (χ2n) is 5.17. The van der Waals surface area contributed by atoms with Crippen LogP contribution in [0, 0.1) is 5.82 Å². The Morgan fingerprint density at radius 3 is 2.45 bits per heavy atom. The maximum Gasteiger partial charge on any atom is 0.165 e. The smallest absolute Gasteiger partial charge is 0.165 e. The van der Waals surface area contributed by atoms with Crippen LogP contribution < -0.4 is 10.1 Å². The average molecular weight is 282 g/mol. The van der Waals surface area contributed by atoms with E-state index in [1.807, 2.05) is 0 Å². The average Bonchev–Trinajstić information content (AvgIpc) is 2.45. The van der Waals surface area contributed by atoms with Crippen LogP contribution in [0.2, 0.25) is 0 Å². The monoisotopic (exact) mass is 282 g/mol.